The van der Waals surface area contributed by atoms with Gasteiger partial charge < -0.3 is 5.32 Å². The Labute approximate surface area is 290 Å². The van der Waals surface area contributed by atoms with E-state index in [4.69, 9.17) is 4.99 Å². The summed E-state index contributed by atoms with van der Waals surface area (Å²) in [5, 5.41) is 7.77. The average molecular weight is 652 g/mol. The molecule has 0 radical (unpaired) electrons. The van der Waals surface area contributed by atoms with Crippen LogP contribution in [0.3, 0.4) is 0 Å². The molecule has 10 rings (SSSR count). The summed E-state index contributed by atoms with van der Waals surface area (Å²) in [6.45, 7) is 9.23. The molecule has 7 aromatic rings. The Hall–Kier alpha value is -5.19. The van der Waals surface area contributed by atoms with Crippen molar-refractivity contribution in [1.82, 2.24) is 9.88 Å². The summed E-state index contributed by atoms with van der Waals surface area (Å²) in [6, 6.07) is 38.3. The summed E-state index contributed by atoms with van der Waals surface area (Å²) in [4.78, 5) is 5.40. The minimum Gasteiger partial charge on any atom is -0.349 e. The van der Waals surface area contributed by atoms with Gasteiger partial charge in [-0.15, -0.1) is 11.3 Å². The fourth-order valence-electron chi connectivity index (χ4n) is 8.57. The molecule has 0 amide bonds. The van der Waals surface area contributed by atoms with E-state index in [9.17, 15) is 0 Å². The van der Waals surface area contributed by atoms with Crippen LogP contribution in [0.1, 0.15) is 55.6 Å². The Balaban J connectivity index is 1.09. The zero-order chi connectivity index (χ0) is 33.0. The van der Waals surface area contributed by atoms with Crippen LogP contribution >= 0.6 is 11.3 Å². The second-order valence-corrected chi connectivity index (χ2v) is 15.7. The number of rotatable bonds is 2. The van der Waals surface area contributed by atoms with Gasteiger partial charge in [-0.2, -0.15) is 0 Å². The van der Waals surface area contributed by atoms with Crippen LogP contribution in [0.15, 0.2) is 120 Å². The van der Waals surface area contributed by atoms with Crippen LogP contribution in [0.4, 0.5) is 0 Å². The molecule has 5 aromatic carbocycles. The summed E-state index contributed by atoms with van der Waals surface area (Å²) in [6.07, 6.45) is 7.97. The van der Waals surface area contributed by atoms with Crippen molar-refractivity contribution in [2.24, 2.45) is 10.9 Å². The van der Waals surface area contributed by atoms with E-state index < -0.39 is 0 Å². The number of allylic oxidation sites excluding steroid dienone is 1. The Morgan fingerprint density at radius 3 is 2.49 bits per heavy atom. The van der Waals surface area contributed by atoms with Crippen LogP contribution in [0.5, 0.6) is 0 Å². The van der Waals surface area contributed by atoms with Crippen molar-refractivity contribution in [3.8, 4) is 22.3 Å². The molecule has 0 bridgehead atoms. The molecule has 2 aromatic heterocycles. The van der Waals surface area contributed by atoms with E-state index in [2.05, 4.69) is 159 Å². The van der Waals surface area contributed by atoms with Gasteiger partial charge in [0.15, 0.2) is 0 Å². The molecule has 3 aliphatic rings. The van der Waals surface area contributed by atoms with E-state index in [0.29, 0.717) is 5.92 Å². The Morgan fingerprint density at radius 1 is 0.776 bits per heavy atom. The first-order chi connectivity index (χ1) is 23.8. The van der Waals surface area contributed by atoms with Gasteiger partial charge in [0.2, 0.25) is 5.96 Å². The number of benzene rings is 5. The standard InChI is InChI=1S/C45H37N3S/c1-26-16-18-35-40(22-26)48(39-21-20-34-33-13-6-8-15-41(33)49-43(34)42(35)39)44-46-27(2)23-38(47-44)30-11-9-10-28(24-30)29-17-19-32-31-12-5-7-14-36(31)45(3,4)37(32)25-29/h5-21,23-27H,22H2,1-4H3,(H,46,47). The molecule has 4 heteroatoms. The second-order valence-electron chi connectivity index (χ2n) is 14.6. The largest absolute Gasteiger partial charge is 0.349 e. The summed E-state index contributed by atoms with van der Waals surface area (Å²) in [5.74, 6) is 1.37. The number of nitrogens with one attached hydrogen (secondary N) is 1. The van der Waals surface area contributed by atoms with Crippen LogP contribution in [0.25, 0.3) is 65.1 Å². The molecule has 2 unspecified atom stereocenters. The lowest BCUT2D eigenvalue weighted by molar-refractivity contribution is 0.660. The highest BCUT2D eigenvalue weighted by Gasteiger charge is 2.35. The topological polar surface area (TPSA) is 29.3 Å². The monoisotopic (exact) mass is 651 g/mol. The molecule has 2 atom stereocenters. The normalized spacial score (nSPS) is 19.0. The van der Waals surface area contributed by atoms with Crippen LogP contribution in [-0.2, 0) is 11.8 Å². The molecule has 0 fully saturated rings. The maximum Gasteiger partial charge on any atom is 0.208 e. The number of aliphatic imine (C=N–C) groups is 1. The number of thiophene rings is 1. The van der Waals surface area contributed by atoms with Crippen LogP contribution in [0, 0.1) is 5.92 Å². The minimum absolute atomic E-state index is 0.0292. The zero-order valence-electron chi connectivity index (χ0n) is 28.2. The number of aromatic nitrogens is 1. The molecule has 2 aliphatic carbocycles. The van der Waals surface area contributed by atoms with Gasteiger partial charge in [0.1, 0.15) is 0 Å². The van der Waals surface area contributed by atoms with Crippen molar-refractivity contribution in [2.45, 2.75) is 45.6 Å². The van der Waals surface area contributed by atoms with E-state index in [1.165, 1.54) is 75.7 Å². The van der Waals surface area contributed by atoms with Crippen molar-refractivity contribution >= 4 is 60.1 Å². The molecule has 49 heavy (non-hydrogen) atoms. The van der Waals surface area contributed by atoms with Gasteiger partial charge in [0.05, 0.1) is 11.2 Å². The fourth-order valence-corrected chi connectivity index (χ4v) is 9.83. The summed E-state index contributed by atoms with van der Waals surface area (Å²) < 4.78 is 5.12. The lowest BCUT2D eigenvalue weighted by atomic mass is 9.81. The predicted octanol–water partition coefficient (Wildman–Crippen LogP) is 11.4. The van der Waals surface area contributed by atoms with E-state index in [1.807, 2.05) is 11.3 Å². The highest BCUT2D eigenvalue weighted by atomic mass is 32.1. The Morgan fingerprint density at radius 2 is 1.57 bits per heavy atom. The van der Waals surface area contributed by atoms with Gasteiger partial charge >= 0.3 is 0 Å². The SMILES string of the molecule is CC1C=Cc2c(n(C3=NC(c4cccc(-c5ccc6c(c5)C(C)(C)c5ccccc5-6)c4)=CC(C)N3)c3ccc4c5ccccc5sc4c23)C1. The van der Waals surface area contributed by atoms with Gasteiger partial charge in [-0.25, -0.2) is 4.99 Å². The molecule has 3 nitrogen and oxygen atoms in total. The molecular weight excluding hydrogens is 615 g/mol. The fraction of sp³-hybridized carbons (Fsp3) is 0.178. The lowest BCUT2D eigenvalue weighted by Gasteiger charge is -2.25. The third kappa shape index (κ3) is 4.23. The van der Waals surface area contributed by atoms with Gasteiger partial charge in [0.25, 0.3) is 0 Å². The number of hydrogen-bond donors (Lipinski definition) is 1. The van der Waals surface area contributed by atoms with Crippen molar-refractivity contribution < 1.29 is 0 Å². The third-order valence-electron chi connectivity index (χ3n) is 11.0. The van der Waals surface area contributed by atoms with Crippen LogP contribution in [0.2, 0.25) is 0 Å². The summed E-state index contributed by atoms with van der Waals surface area (Å²) in [5.41, 5.74) is 14.0. The first-order valence-electron chi connectivity index (χ1n) is 17.4. The average Bonchev–Trinajstić information content (AvgIpc) is 3.73. The minimum atomic E-state index is -0.0292. The quantitative estimate of drug-likeness (QED) is 0.198. The van der Waals surface area contributed by atoms with Gasteiger partial charge in [0, 0.05) is 53.8 Å². The lowest BCUT2D eigenvalue weighted by Crippen LogP contribution is -2.39. The van der Waals surface area contributed by atoms with Gasteiger partial charge in [-0.3, -0.25) is 4.57 Å². The maximum atomic E-state index is 5.40. The first-order valence-corrected chi connectivity index (χ1v) is 18.3. The van der Waals surface area contributed by atoms with Crippen molar-refractivity contribution in [2.75, 3.05) is 0 Å². The second kappa shape index (κ2) is 10.4. The van der Waals surface area contributed by atoms with Crippen molar-refractivity contribution in [1.29, 1.82) is 0 Å². The van der Waals surface area contributed by atoms with E-state index in [-0.39, 0.29) is 11.5 Å². The number of fused-ring (bicyclic) bond motifs is 10. The van der Waals surface area contributed by atoms with E-state index in [1.54, 1.807) is 0 Å². The molecule has 0 spiro atoms. The molecule has 3 heterocycles. The summed E-state index contributed by atoms with van der Waals surface area (Å²) >= 11 is 1.91. The highest BCUT2D eigenvalue weighted by molar-refractivity contribution is 7.26. The molecule has 1 aliphatic heterocycles. The van der Waals surface area contributed by atoms with Crippen molar-refractivity contribution in [3.05, 3.63) is 143 Å². The predicted molar refractivity (Wildman–Crippen MR) is 210 cm³/mol. The molecular formula is C45H37N3S. The first kappa shape index (κ1) is 28.8. The van der Waals surface area contributed by atoms with E-state index in [0.717, 1.165) is 23.6 Å². The molecule has 0 saturated heterocycles. The smallest absolute Gasteiger partial charge is 0.208 e. The number of hydrogen-bond acceptors (Lipinski definition) is 3. The van der Waals surface area contributed by atoms with E-state index >= 15 is 0 Å². The van der Waals surface area contributed by atoms with Crippen molar-refractivity contribution in [3.63, 3.8) is 0 Å². The Bertz CT molecular complexity index is 2620. The summed E-state index contributed by atoms with van der Waals surface area (Å²) in [7, 11) is 0. The highest BCUT2D eigenvalue weighted by Crippen LogP contribution is 2.49. The van der Waals surface area contributed by atoms with Gasteiger partial charge in [-0.05, 0) is 83.0 Å². The van der Waals surface area contributed by atoms with Crippen LogP contribution < -0.4 is 5.32 Å². The maximum absolute atomic E-state index is 5.40. The number of nitrogens with zero attached hydrogens (tertiary/aromatic N) is 2. The van der Waals surface area contributed by atoms with Gasteiger partial charge in [-0.1, -0.05) is 112 Å². The van der Waals surface area contributed by atoms with Crippen LogP contribution in [-0.4, -0.2) is 16.6 Å². The molecule has 238 valence electrons. The molecule has 1 N–H and O–H groups in total. The third-order valence-corrected chi connectivity index (χ3v) is 12.2. The molecule has 0 saturated carbocycles. The zero-order valence-corrected chi connectivity index (χ0v) is 29.0. The Kier molecular flexibility index (Phi) is 6.11.